The number of aliphatic carboxylic acids is 3. The van der Waals surface area contributed by atoms with Crippen LogP contribution in [-0.2, 0) is 89.6 Å². The minimum Gasteiger partial charge on any atom is -0.481 e. The molecule has 28 N–H and O–H groups in total. The molecule has 2 heterocycles. The van der Waals surface area contributed by atoms with Gasteiger partial charge in [0, 0.05) is 38.7 Å². The number of aromatic amines is 1. The number of amides is 13. The number of hydrogen-bond donors (Lipinski definition) is 25. The van der Waals surface area contributed by atoms with Crippen molar-refractivity contribution in [1.82, 2.24) is 89.3 Å². The molecule has 0 bridgehead atoms. The van der Waals surface area contributed by atoms with Gasteiger partial charge in [0.05, 0.1) is 50.7 Å². The van der Waals surface area contributed by atoms with Gasteiger partial charge >= 0.3 is 17.9 Å². The highest BCUT2D eigenvalue weighted by Gasteiger charge is 2.42. The number of hydrogen-bond acceptors (Lipinski definition) is 22. The lowest BCUT2D eigenvalue weighted by Crippen LogP contribution is -2.61. The average Bonchev–Trinajstić information content (AvgIpc) is 1.64. The number of carbonyl (C=O) groups excluding carboxylic acids is 13. The molecule has 112 heavy (non-hydrogen) atoms. The molecule has 13 amide bonds. The Morgan fingerprint density at radius 1 is 0.554 bits per heavy atom. The number of rotatable bonds is 50. The first kappa shape index (κ1) is 94.6. The second-order valence-corrected chi connectivity index (χ2v) is 27.8. The number of aliphatic hydroxyl groups is 2. The van der Waals surface area contributed by atoms with E-state index in [2.05, 4.69) is 79.1 Å². The van der Waals surface area contributed by atoms with E-state index in [-0.39, 0.29) is 95.0 Å². The largest absolute Gasteiger partial charge is 0.481 e. The zero-order valence-electron chi connectivity index (χ0n) is 63.6. The van der Waals surface area contributed by atoms with E-state index >= 15 is 0 Å². The van der Waals surface area contributed by atoms with Crippen molar-refractivity contribution >= 4 is 107 Å². The van der Waals surface area contributed by atoms with Crippen LogP contribution in [0, 0.1) is 28.6 Å². The van der Waals surface area contributed by atoms with E-state index in [0.717, 1.165) is 6.92 Å². The third kappa shape index (κ3) is 33.7. The first-order valence-electron chi connectivity index (χ1n) is 36.5. The number of nitrogens with zero attached hydrogens (tertiary/aromatic N) is 2. The van der Waals surface area contributed by atoms with E-state index in [1.54, 1.807) is 51.1 Å². The topological polar surface area (TPSA) is 700 Å². The quantitative estimate of drug-likeness (QED) is 0.0166. The Bertz CT molecular complexity index is 3570. The number of H-pyrrole nitrogens is 1. The van der Waals surface area contributed by atoms with Crippen molar-refractivity contribution in [1.29, 1.82) is 10.8 Å². The summed E-state index contributed by atoms with van der Waals surface area (Å²) in [7, 11) is 0. The zero-order chi connectivity index (χ0) is 84.1. The summed E-state index contributed by atoms with van der Waals surface area (Å²) in [5.74, 6) is -20.2. The predicted molar refractivity (Wildman–Crippen MR) is 398 cm³/mol. The van der Waals surface area contributed by atoms with Gasteiger partial charge < -0.3 is 127 Å². The summed E-state index contributed by atoms with van der Waals surface area (Å²) in [6, 6.07) is -10.5. The first-order chi connectivity index (χ1) is 52.8. The summed E-state index contributed by atoms with van der Waals surface area (Å²) >= 11 is 0. The maximum absolute atomic E-state index is 14.8. The molecular weight excluding hydrogens is 1470 g/mol. The van der Waals surface area contributed by atoms with Crippen molar-refractivity contribution in [2.24, 2.45) is 35.0 Å². The lowest BCUT2D eigenvalue weighted by molar-refractivity contribution is -0.144. The van der Waals surface area contributed by atoms with E-state index in [4.69, 9.17) is 28.0 Å². The van der Waals surface area contributed by atoms with Crippen LogP contribution >= 0.6 is 0 Å². The molecule has 1 aliphatic heterocycles. The molecule has 1 saturated heterocycles. The molecule has 0 spiro atoms. The molecule has 0 aliphatic carbocycles. The van der Waals surface area contributed by atoms with Crippen molar-refractivity contribution in [2.75, 3.05) is 39.3 Å². The number of carbonyl (C=O) groups is 16. The minimum absolute atomic E-state index is 0.0114. The highest BCUT2D eigenvalue weighted by Crippen LogP contribution is 2.22. The number of aliphatic hydroxyl groups excluding tert-OH is 2. The first-order valence-corrected chi connectivity index (χ1v) is 36.5. The van der Waals surface area contributed by atoms with Gasteiger partial charge in [0.1, 0.15) is 72.5 Å². The summed E-state index contributed by atoms with van der Waals surface area (Å²) in [6.07, 6.45) is -1.70. The summed E-state index contributed by atoms with van der Waals surface area (Å²) < 4.78 is 0. The molecule has 622 valence electrons. The van der Waals surface area contributed by atoms with E-state index in [0.29, 0.717) is 12.0 Å². The molecule has 1 aromatic carbocycles. The number of likely N-dealkylation sites (tertiary alicyclic amines) is 1. The average molecular weight is 1580 g/mol. The van der Waals surface area contributed by atoms with Gasteiger partial charge in [0.25, 0.3) is 0 Å². The van der Waals surface area contributed by atoms with Gasteiger partial charge in [-0.25, -0.2) is 9.78 Å². The SMILES string of the molecule is CC[C@H](C)[C@H](NC(=O)CNC(=O)[C@@H](NC(=O)[C@H](CC(=O)O)NC(=O)[C@H](CCCNC(=N)N)NC(=O)[C@H](Cc1c[nH]cn1)NC(=O)[C@H](CCCNC(=N)N)NC(=O)[C@@H]1CCCN1C(=O)[C@H](CC(C)C)NC(=O)[C@H](Cc1ccccc1)NC(=O)CN)[C@@H](C)O)C(=O)N[C@@H](CC(C)C)C(=O)N[C@@H](CC(=O)O)C(=O)N[C@@H](CO)C(=O)O. The third-order valence-corrected chi connectivity index (χ3v) is 17.6. The summed E-state index contributed by atoms with van der Waals surface area (Å²) in [4.78, 5) is 226. The molecule has 0 saturated carbocycles. The lowest BCUT2D eigenvalue weighted by Gasteiger charge is -2.31. The Morgan fingerprint density at radius 3 is 1.52 bits per heavy atom. The highest BCUT2D eigenvalue weighted by molar-refractivity contribution is 6.01. The maximum atomic E-state index is 14.8. The Labute approximate surface area is 645 Å². The maximum Gasteiger partial charge on any atom is 0.328 e. The van der Waals surface area contributed by atoms with Gasteiger partial charge in [0.15, 0.2) is 11.9 Å². The molecule has 2 aromatic rings. The minimum atomic E-state index is -2.11. The standard InChI is InChI=1S/C69H110N22O21/c1-8-36(6)54(65(109)86-42(23-34(2)3)58(102)85-45(27-52(96)97)61(105)88-48(32-92)67(111)112)89-51(95)31-78-64(108)55(37(7)93)90-62(106)46(28-53(98)99)84-56(100)40(17-12-20-76-68(71)72)81-60(104)44(26-39-30-75-33-79-39)83-57(101)41(18-13-21-77-69(73)74)82-63(107)49-19-14-22-91(49)66(110)47(24-35(4)5)87-59(103)43(80-50(94)29-70)25-38-15-10-9-11-16-38/h9-11,15-16,30,33-37,40-49,54-55,92-93H,8,12-14,17-29,31-32,70H2,1-7H3,(H,75,79)(H,78,108)(H,80,94)(H,81,104)(H,82,107)(H,83,101)(H,84,100)(H,85,102)(H,86,109)(H,87,103)(H,88,105)(H,89,95)(H,90,106)(H,96,97)(H,98,99)(H,111,112)(H4,71,72,76)(H4,73,74,77)/t36-,37+,40-,41-,42-,43-,44-,45-,46-,47-,48-,49-,54-,55-/m0/s1. The molecule has 14 atom stereocenters. The normalized spacial score (nSPS) is 15.9. The number of guanidine groups is 2. The van der Waals surface area contributed by atoms with Crippen molar-refractivity contribution in [3.63, 3.8) is 0 Å². The van der Waals surface area contributed by atoms with Gasteiger partial charge in [-0.2, -0.15) is 0 Å². The number of imidazole rings is 1. The second-order valence-electron chi connectivity index (χ2n) is 27.8. The fourth-order valence-electron chi connectivity index (χ4n) is 11.6. The van der Waals surface area contributed by atoms with E-state index < -0.39 is 230 Å². The van der Waals surface area contributed by atoms with Crippen LogP contribution in [0.15, 0.2) is 42.9 Å². The van der Waals surface area contributed by atoms with E-state index in [1.165, 1.54) is 24.3 Å². The number of nitrogens with one attached hydrogen (secondary N) is 17. The number of carboxylic acids is 3. The van der Waals surface area contributed by atoms with Crippen LogP contribution in [0.1, 0.15) is 130 Å². The van der Waals surface area contributed by atoms with Gasteiger partial charge in [-0.1, -0.05) is 78.3 Å². The molecule has 0 unspecified atom stereocenters. The van der Waals surface area contributed by atoms with Crippen LogP contribution in [-0.4, -0.2) is 265 Å². The third-order valence-electron chi connectivity index (χ3n) is 17.6. The van der Waals surface area contributed by atoms with Crippen molar-refractivity contribution < 1.29 is 102 Å². The summed E-state index contributed by atoms with van der Waals surface area (Å²) in [6.45, 7) is 8.65. The van der Waals surface area contributed by atoms with Crippen LogP contribution in [0.25, 0.3) is 0 Å². The molecule has 43 nitrogen and oxygen atoms in total. The Kier molecular flexibility index (Phi) is 40.6. The molecule has 1 fully saturated rings. The molecular formula is C69H110N22O21. The van der Waals surface area contributed by atoms with Crippen molar-refractivity contribution in [3.8, 4) is 0 Å². The summed E-state index contributed by atoms with van der Waals surface area (Å²) in [5, 5.41) is 98.3. The fourth-order valence-corrected chi connectivity index (χ4v) is 11.6. The fraction of sp³-hybridized carbons (Fsp3) is 0.609. The number of aromatic nitrogens is 2. The molecule has 0 radical (unpaired) electrons. The predicted octanol–water partition coefficient (Wildman–Crippen LogP) is -7.33. The van der Waals surface area contributed by atoms with Crippen LogP contribution in [0.5, 0.6) is 0 Å². The lowest BCUT2D eigenvalue weighted by atomic mass is 9.96. The van der Waals surface area contributed by atoms with E-state index in [9.17, 15) is 102 Å². The molecule has 3 rings (SSSR count). The molecule has 1 aliphatic rings. The number of carboxylic acid groups (broad SMARTS) is 3. The van der Waals surface area contributed by atoms with Gasteiger partial charge in [0.2, 0.25) is 76.8 Å². The zero-order valence-corrected chi connectivity index (χ0v) is 63.6. The van der Waals surface area contributed by atoms with Gasteiger partial charge in [-0.3, -0.25) is 82.7 Å². The highest BCUT2D eigenvalue weighted by atomic mass is 16.4. The molecule has 1 aromatic heterocycles. The molecule has 43 heteroatoms. The Hall–Kier alpha value is -11.6. The summed E-state index contributed by atoms with van der Waals surface area (Å²) in [5.41, 5.74) is 17.5. The van der Waals surface area contributed by atoms with Crippen LogP contribution in [0.4, 0.5) is 0 Å². The Morgan fingerprint density at radius 2 is 1.03 bits per heavy atom. The second kappa shape index (κ2) is 48.1. The van der Waals surface area contributed by atoms with Crippen LogP contribution in [0.2, 0.25) is 0 Å². The Balaban J connectivity index is 1.92. The van der Waals surface area contributed by atoms with Crippen LogP contribution < -0.4 is 91.6 Å². The number of benzene rings is 1. The monoisotopic (exact) mass is 1580 g/mol. The smallest absolute Gasteiger partial charge is 0.328 e. The van der Waals surface area contributed by atoms with Crippen molar-refractivity contribution in [2.45, 2.75) is 211 Å². The van der Waals surface area contributed by atoms with Gasteiger partial charge in [-0.05, 0) is 81.6 Å². The van der Waals surface area contributed by atoms with Gasteiger partial charge in [-0.15, -0.1) is 0 Å². The number of nitrogens with two attached hydrogens (primary N) is 3. The van der Waals surface area contributed by atoms with E-state index in [1.807, 2.05) is 19.2 Å². The van der Waals surface area contributed by atoms with Crippen LogP contribution in [0.3, 0.4) is 0 Å². The van der Waals surface area contributed by atoms with Crippen molar-refractivity contribution in [3.05, 3.63) is 54.1 Å².